The molecule has 1 atom stereocenters. The van der Waals surface area contributed by atoms with Crippen molar-refractivity contribution in [1.82, 2.24) is 0 Å². The maximum absolute atomic E-state index is 13.2. The van der Waals surface area contributed by atoms with Crippen molar-refractivity contribution in [3.05, 3.63) is 54.9 Å². The summed E-state index contributed by atoms with van der Waals surface area (Å²) in [6, 6.07) is 6.24. The normalized spacial score (nSPS) is 12.7. The van der Waals surface area contributed by atoms with Crippen LogP contribution in [0.4, 0.5) is 4.39 Å². The Morgan fingerprint density at radius 1 is 1.44 bits per heavy atom. The predicted octanol–water partition coefficient (Wildman–Crippen LogP) is 4.85. The number of hydrogen-bond acceptors (Lipinski definition) is 2. The molecule has 1 nitrogen and oxygen atoms in total. The van der Waals surface area contributed by atoms with Crippen LogP contribution in [0.3, 0.4) is 0 Å². The minimum absolute atomic E-state index is 0.167. The molecule has 0 saturated carbocycles. The zero-order chi connectivity index (χ0) is 13.3. The van der Waals surface area contributed by atoms with Crippen LogP contribution in [-0.4, -0.2) is 0 Å². The minimum Gasteiger partial charge on any atom is -0.323 e. The second kappa shape index (κ2) is 5.70. The Hall–Kier alpha value is -0.420. The number of aryl methyl sites for hydroxylation is 1. The van der Waals surface area contributed by atoms with Crippen molar-refractivity contribution >= 4 is 38.9 Å². The SMILES string of the molecule is Cc1cc(C(N)Cc2cc(F)ccc2Cl)sc1Br. The summed E-state index contributed by atoms with van der Waals surface area (Å²) in [6.07, 6.45) is 0.531. The number of hydrogen-bond donors (Lipinski definition) is 1. The number of rotatable bonds is 3. The highest BCUT2D eigenvalue weighted by Gasteiger charge is 2.14. The van der Waals surface area contributed by atoms with Gasteiger partial charge in [0, 0.05) is 15.9 Å². The van der Waals surface area contributed by atoms with Crippen LogP contribution >= 0.6 is 38.9 Å². The highest BCUT2D eigenvalue weighted by atomic mass is 79.9. The van der Waals surface area contributed by atoms with E-state index < -0.39 is 0 Å². The van der Waals surface area contributed by atoms with Crippen molar-refractivity contribution in [2.24, 2.45) is 5.73 Å². The third kappa shape index (κ3) is 3.12. The van der Waals surface area contributed by atoms with Crippen LogP contribution in [0.2, 0.25) is 5.02 Å². The van der Waals surface area contributed by atoms with Crippen LogP contribution < -0.4 is 5.73 Å². The average Bonchev–Trinajstić information content (AvgIpc) is 2.64. The fourth-order valence-corrected chi connectivity index (χ4v) is 3.47. The third-order valence-electron chi connectivity index (χ3n) is 2.69. The second-order valence-corrected chi connectivity index (χ2v) is 6.96. The first-order valence-corrected chi connectivity index (χ1v) is 7.41. The lowest BCUT2D eigenvalue weighted by atomic mass is 10.0. The van der Waals surface area contributed by atoms with E-state index in [1.54, 1.807) is 17.4 Å². The molecule has 0 aliphatic carbocycles. The van der Waals surface area contributed by atoms with Gasteiger partial charge in [0.25, 0.3) is 0 Å². The summed E-state index contributed by atoms with van der Waals surface area (Å²) in [6.45, 7) is 2.02. The van der Waals surface area contributed by atoms with Gasteiger partial charge >= 0.3 is 0 Å². The molecule has 0 bridgehead atoms. The van der Waals surface area contributed by atoms with Gasteiger partial charge in [0.15, 0.2) is 0 Å². The van der Waals surface area contributed by atoms with Gasteiger partial charge in [-0.2, -0.15) is 0 Å². The van der Waals surface area contributed by atoms with Gasteiger partial charge in [-0.15, -0.1) is 11.3 Å². The smallest absolute Gasteiger partial charge is 0.123 e. The molecule has 1 aromatic heterocycles. The van der Waals surface area contributed by atoms with Gasteiger partial charge in [-0.3, -0.25) is 0 Å². The lowest BCUT2D eigenvalue weighted by Gasteiger charge is -2.11. The van der Waals surface area contributed by atoms with Crippen molar-refractivity contribution in [3.63, 3.8) is 0 Å². The Bertz CT molecular complexity index is 551. The summed E-state index contributed by atoms with van der Waals surface area (Å²) in [5.41, 5.74) is 8.04. The summed E-state index contributed by atoms with van der Waals surface area (Å²) in [7, 11) is 0. The Kier molecular flexibility index (Phi) is 4.43. The number of thiophene rings is 1. The number of nitrogens with two attached hydrogens (primary N) is 1. The van der Waals surface area contributed by atoms with Gasteiger partial charge in [-0.05, 0) is 64.7 Å². The molecule has 0 aliphatic rings. The summed E-state index contributed by atoms with van der Waals surface area (Å²) in [5, 5.41) is 0.555. The molecule has 2 rings (SSSR count). The van der Waals surface area contributed by atoms with Crippen molar-refractivity contribution in [2.75, 3.05) is 0 Å². The quantitative estimate of drug-likeness (QED) is 0.842. The van der Waals surface area contributed by atoms with E-state index in [0.29, 0.717) is 11.4 Å². The Morgan fingerprint density at radius 3 is 2.78 bits per heavy atom. The van der Waals surface area contributed by atoms with Crippen LogP contribution in [0, 0.1) is 12.7 Å². The van der Waals surface area contributed by atoms with E-state index in [-0.39, 0.29) is 11.9 Å². The van der Waals surface area contributed by atoms with E-state index >= 15 is 0 Å². The van der Waals surface area contributed by atoms with Crippen molar-refractivity contribution in [2.45, 2.75) is 19.4 Å². The van der Waals surface area contributed by atoms with Gasteiger partial charge in [0.1, 0.15) is 5.82 Å². The molecule has 1 aromatic carbocycles. The van der Waals surface area contributed by atoms with Gasteiger partial charge in [0.2, 0.25) is 0 Å². The monoisotopic (exact) mass is 347 g/mol. The molecule has 0 fully saturated rings. The lowest BCUT2D eigenvalue weighted by Crippen LogP contribution is -2.12. The molecular formula is C13H12BrClFNS. The summed E-state index contributed by atoms with van der Waals surface area (Å²) in [5.74, 6) is -0.287. The van der Waals surface area contributed by atoms with Gasteiger partial charge in [-0.25, -0.2) is 4.39 Å². The topological polar surface area (TPSA) is 26.0 Å². The maximum atomic E-state index is 13.2. The molecule has 18 heavy (non-hydrogen) atoms. The lowest BCUT2D eigenvalue weighted by molar-refractivity contribution is 0.622. The number of halogens is 3. The van der Waals surface area contributed by atoms with Crippen LogP contribution in [0.15, 0.2) is 28.1 Å². The van der Waals surface area contributed by atoms with Crippen molar-refractivity contribution in [3.8, 4) is 0 Å². The Morgan fingerprint density at radius 2 is 2.17 bits per heavy atom. The molecule has 0 saturated heterocycles. The fourth-order valence-electron chi connectivity index (χ4n) is 1.70. The Labute approximate surface area is 123 Å². The molecule has 0 radical (unpaired) electrons. The minimum atomic E-state index is -0.287. The molecule has 2 N–H and O–H groups in total. The van der Waals surface area contributed by atoms with Gasteiger partial charge in [-0.1, -0.05) is 11.6 Å². The van der Waals surface area contributed by atoms with Crippen LogP contribution in [-0.2, 0) is 6.42 Å². The zero-order valence-corrected chi connectivity index (χ0v) is 12.9. The van der Waals surface area contributed by atoms with Gasteiger partial charge in [0.05, 0.1) is 3.79 Å². The molecule has 0 amide bonds. The van der Waals surface area contributed by atoms with E-state index in [2.05, 4.69) is 15.9 Å². The largest absolute Gasteiger partial charge is 0.323 e. The van der Waals surface area contributed by atoms with E-state index in [1.807, 2.05) is 13.0 Å². The third-order valence-corrected chi connectivity index (χ3v) is 5.33. The Balaban J connectivity index is 2.20. The first-order chi connectivity index (χ1) is 8.47. The van der Waals surface area contributed by atoms with Crippen molar-refractivity contribution in [1.29, 1.82) is 0 Å². The molecule has 1 unspecified atom stereocenters. The molecule has 2 aromatic rings. The van der Waals surface area contributed by atoms with Crippen molar-refractivity contribution < 1.29 is 4.39 Å². The van der Waals surface area contributed by atoms with E-state index in [0.717, 1.165) is 19.8 Å². The highest BCUT2D eigenvalue weighted by Crippen LogP contribution is 2.32. The highest BCUT2D eigenvalue weighted by molar-refractivity contribution is 9.11. The van der Waals surface area contributed by atoms with E-state index in [4.69, 9.17) is 17.3 Å². The first kappa shape index (κ1) is 14.0. The molecule has 96 valence electrons. The molecule has 0 spiro atoms. The molecule has 0 aliphatic heterocycles. The second-order valence-electron chi connectivity index (χ2n) is 4.15. The zero-order valence-electron chi connectivity index (χ0n) is 9.71. The summed E-state index contributed by atoms with van der Waals surface area (Å²) >= 11 is 11.1. The average molecular weight is 349 g/mol. The summed E-state index contributed by atoms with van der Waals surface area (Å²) in [4.78, 5) is 1.07. The maximum Gasteiger partial charge on any atom is 0.123 e. The molecule has 5 heteroatoms. The predicted molar refractivity (Wildman–Crippen MR) is 78.8 cm³/mol. The van der Waals surface area contributed by atoms with E-state index in [1.165, 1.54) is 12.1 Å². The first-order valence-electron chi connectivity index (χ1n) is 5.42. The summed E-state index contributed by atoms with van der Waals surface area (Å²) < 4.78 is 14.2. The van der Waals surface area contributed by atoms with Crippen LogP contribution in [0.5, 0.6) is 0 Å². The standard InChI is InChI=1S/C13H12BrClFNS/c1-7-4-12(18-13(7)14)11(17)6-8-5-9(16)2-3-10(8)15/h2-5,11H,6,17H2,1H3. The number of benzene rings is 1. The molecular weight excluding hydrogens is 337 g/mol. The van der Waals surface area contributed by atoms with E-state index in [9.17, 15) is 4.39 Å². The van der Waals surface area contributed by atoms with Gasteiger partial charge < -0.3 is 5.73 Å². The molecule has 1 heterocycles. The van der Waals surface area contributed by atoms with Crippen LogP contribution in [0.1, 0.15) is 22.0 Å². The fraction of sp³-hybridized carbons (Fsp3) is 0.231. The van der Waals surface area contributed by atoms with Crippen LogP contribution in [0.25, 0.3) is 0 Å².